The Morgan fingerprint density at radius 3 is 2.76 bits per heavy atom. The molecule has 7 nitrogen and oxygen atoms in total. The van der Waals surface area contributed by atoms with Gasteiger partial charge in [-0.25, -0.2) is 23.5 Å². The van der Waals surface area contributed by atoms with Crippen LogP contribution in [0.2, 0.25) is 5.02 Å². The number of primary sulfonamides is 1. The second-order valence-corrected chi connectivity index (χ2v) is 9.67. The summed E-state index contributed by atoms with van der Waals surface area (Å²) in [7, 11) is -3.77. The number of halogens is 1. The van der Waals surface area contributed by atoms with Crippen molar-refractivity contribution in [1.29, 1.82) is 0 Å². The van der Waals surface area contributed by atoms with Crippen molar-refractivity contribution < 1.29 is 8.42 Å². The van der Waals surface area contributed by atoms with Gasteiger partial charge in [0, 0.05) is 24.7 Å². The predicted octanol–water partition coefficient (Wildman–Crippen LogP) is 4.08. The van der Waals surface area contributed by atoms with E-state index in [1.807, 2.05) is 28.9 Å². The molecule has 1 aromatic carbocycles. The van der Waals surface area contributed by atoms with Gasteiger partial charge in [0.25, 0.3) is 0 Å². The molecule has 0 fully saturated rings. The van der Waals surface area contributed by atoms with Gasteiger partial charge in [0.05, 0.1) is 26.6 Å². The van der Waals surface area contributed by atoms with Gasteiger partial charge in [-0.05, 0) is 36.8 Å². The highest BCUT2D eigenvalue weighted by Gasteiger charge is 2.15. The molecule has 0 unspecified atom stereocenters. The van der Waals surface area contributed by atoms with Crippen LogP contribution in [0.15, 0.2) is 52.8 Å². The number of thioether (sulfide) groups is 1. The molecule has 2 N–H and O–H groups in total. The first-order valence-electron chi connectivity index (χ1n) is 9.14. The molecule has 0 bridgehead atoms. The zero-order valence-corrected chi connectivity index (χ0v) is 18.1. The van der Waals surface area contributed by atoms with Gasteiger partial charge >= 0.3 is 0 Å². The van der Waals surface area contributed by atoms with E-state index in [4.69, 9.17) is 16.7 Å². The summed E-state index contributed by atoms with van der Waals surface area (Å²) in [5.74, 6) is 0.636. The fraction of sp³-hybridized carbons (Fsp3) is 0.263. The average molecular weight is 450 g/mol. The maximum absolute atomic E-state index is 11.7. The zero-order chi connectivity index (χ0) is 20.6. The van der Waals surface area contributed by atoms with E-state index in [9.17, 15) is 8.42 Å². The van der Waals surface area contributed by atoms with Crippen LogP contribution >= 0.6 is 23.4 Å². The lowest BCUT2D eigenvalue weighted by Gasteiger charge is -2.07. The van der Waals surface area contributed by atoms with Gasteiger partial charge in [0.2, 0.25) is 10.0 Å². The summed E-state index contributed by atoms with van der Waals surface area (Å²) >= 11 is 7.61. The van der Waals surface area contributed by atoms with Crippen LogP contribution in [0.3, 0.4) is 0 Å². The summed E-state index contributed by atoms with van der Waals surface area (Å²) in [5, 5.41) is 6.75. The lowest BCUT2D eigenvalue weighted by Crippen LogP contribution is -2.11. The van der Waals surface area contributed by atoms with Gasteiger partial charge < -0.3 is 8.97 Å². The van der Waals surface area contributed by atoms with Crippen LogP contribution in [0.5, 0.6) is 0 Å². The van der Waals surface area contributed by atoms with E-state index in [0.29, 0.717) is 16.3 Å². The van der Waals surface area contributed by atoms with Crippen molar-refractivity contribution in [2.75, 3.05) is 0 Å². The van der Waals surface area contributed by atoms with Gasteiger partial charge in [-0.1, -0.05) is 36.7 Å². The molecule has 0 aliphatic carbocycles. The second kappa shape index (κ2) is 7.98. The standard InChI is InChI=1S/C19H20ClN5O2S2/c1-2-3-8-25-17-6-5-15(29(21,26)27)9-16(17)23-19(25)28-12-14-11-24-10-13(20)4-7-18(24)22-14/h4-7,9-11H,2-3,8,12H2,1H3,(H2,21,26,27). The summed E-state index contributed by atoms with van der Waals surface area (Å²) in [6.45, 7) is 2.94. The number of hydrogen-bond donors (Lipinski definition) is 1. The minimum atomic E-state index is -3.77. The molecule has 3 aromatic heterocycles. The molecule has 0 amide bonds. The number of aromatic nitrogens is 4. The molecule has 0 aliphatic rings. The number of hydrogen-bond acceptors (Lipinski definition) is 5. The Morgan fingerprint density at radius 1 is 1.17 bits per heavy atom. The smallest absolute Gasteiger partial charge is 0.238 e. The molecule has 0 saturated heterocycles. The predicted molar refractivity (Wildman–Crippen MR) is 116 cm³/mol. The number of rotatable bonds is 7. The molecule has 29 heavy (non-hydrogen) atoms. The van der Waals surface area contributed by atoms with Gasteiger partial charge in [-0.15, -0.1) is 0 Å². The fourth-order valence-electron chi connectivity index (χ4n) is 3.13. The van der Waals surface area contributed by atoms with Crippen molar-refractivity contribution in [2.45, 2.75) is 42.1 Å². The molecule has 0 atom stereocenters. The normalized spacial score (nSPS) is 12.2. The molecule has 0 spiro atoms. The van der Waals surface area contributed by atoms with Crippen LogP contribution in [-0.4, -0.2) is 27.4 Å². The lowest BCUT2D eigenvalue weighted by atomic mass is 10.3. The third-order valence-corrected chi connectivity index (χ3v) is 6.71. The molecule has 3 heterocycles. The van der Waals surface area contributed by atoms with E-state index in [2.05, 4.69) is 21.5 Å². The van der Waals surface area contributed by atoms with Crippen molar-refractivity contribution in [3.8, 4) is 0 Å². The first-order chi connectivity index (χ1) is 13.8. The van der Waals surface area contributed by atoms with Crippen LogP contribution < -0.4 is 5.14 Å². The molecule has 0 aliphatic heterocycles. The summed E-state index contributed by atoms with van der Waals surface area (Å²) in [5.41, 5.74) is 3.27. The van der Waals surface area contributed by atoms with Gasteiger partial charge in [0.15, 0.2) is 5.16 Å². The van der Waals surface area contributed by atoms with Crippen LogP contribution in [0, 0.1) is 0 Å². The second-order valence-electron chi connectivity index (χ2n) is 6.73. The number of nitrogens with two attached hydrogens (primary N) is 1. The average Bonchev–Trinajstić information content (AvgIpc) is 3.23. The number of nitrogens with zero attached hydrogens (tertiary/aromatic N) is 4. The number of benzene rings is 1. The largest absolute Gasteiger partial charge is 0.319 e. The Balaban J connectivity index is 1.66. The van der Waals surface area contributed by atoms with Crippen molar-refractivity contribution in [3.63, 3.8) is 0 Å². The van der Waals surface area contributed by atoms with Crippen LogP contribution in [0.1, 0.15) is 25.5 Å². The Bertz CT molecular complexity index is 1300. The summed E-state index contributed by atoms with van der Waals surface area (Å²) in [6.07, 6.45) is 5.82. The van der Waals surface area contributed by atoms with Crippen LogP contribution in [0.4, 0.5) is 0 Å². The summed E-state index contributed by atoms with van der Waals surface area (Å²) in [4.78, 5) is 9.35. The zero-order valence-electron chi connectivity index (χ0n) is 15.7. The maximum Gasteiger partial charge on any atom is 0.238 e. The minimum absolute atomic E-state index is 0.0684. The Hall–Kier alpha value is -2.07. The van der Waals surface area contributed by atoms with E-state index in [1.165, 1.54) is 12.1 Å². The molecule has 4 aromatic rings. The van der Waals surface area contributed by atoms with Crippen molar-refractivity contribution >= 4 is 50.1 Å². The SMILES string of the molecule is CCCCn1c(SCc2cn3cc(Cl)ccc3n2)nc2cc(S(N)(=O)=O)ccc21. The highest BCUT2D eigenvalue weighted by atomic mass is 35.5. The number of imidazole rings is 2. The summed E-state index contributed by atoms with van der Waals surface area (Å²) < 4.78 is 27.4. The molecular formula is C19H20ClN5O2S2. The number of pyridine rings is 1. The topological polar surface area (TPSA) is 95.3 Å². The molecule has 4 rings (SSSR count). The van der Waals surface area contributed by atoms with Crippen molar-refractivity contribution in [2.24, 2.45) is 5.14 Å². The first kappa shape index (κ1) is 20.2. The number of sulfonamides is 1. The van der Waals surface area contributed by atoms with E-state index >= 15 is 0 Å². The number of aryl methyl sites for hydroxylation is 1. The Morgan fingerprint density at radius 2 is 2.00 bits per heavy atom. The molecule has 152 valence electrons. The highest BCUT2D eigenvalue weighted by molar-refractivity contribution is 7.98. The monoisotopic (exact) mass is 449 g/mol. The van der Waals surface area contributed by atoms with E-state index in [1.54, 1.807) is 17.8 Å². The highest BCUT2D eigenvalue weighted by Crippen LogP contribution is 2.28. The van der Waals surface area contributed by atoms with Gasteiger partial charge in [0.1, 0.15) is 5.65 Å². The molecule has 10 heteroatoms. The Labute approximate surface area is 177 Å². The van der Waals surface area contributed by atoms with Crippen LogP contribution in [0.25, 0.3) is 16.7 Å². The van der Waals surface area contributed by atoms with Crippen molar-refractivity contribution in [3.05, 3.63) is 53.4 Å². The minimum Gasteiger partial charge on any atom is -0.319 e. The number of unbranched alkanes of at least 4 members (excludes halogenated alkanes) is 1. The van der Waals surface area contributed by atoms with E-state index in [-0.39, 0.29) is 4.90 Å². The van der Waals surface area contributed by atoms with Gasteiger partial charge in [-0.2, -0.15) is 0 Å². The number of fused-ring (bicyclic) bond motifs is 2. The summed E-state index contributed by atoms with van der Waals surface area (Å²) in [6, 6.07) is 8.52. The first-order valence-corrected chi connectivity index (χ1v) is 12.0. The fourth-order valence-corrected chi connectivity index (χ4v) is 4.76. The quantitative estimate of drug-likeness (QED) is 0.429. The lowest BCUT2D eigenvalue weighted by molar-refractivity contribution is 0.597. The van der Waals surface area contributed by atoms with Crippen LogP contribution in [-0.2, 0) is 22.3 Å². The third-order valence-electron chi connectivity index (χ3n) is 4.56. The van der Waals surface area contributed by atoms with E-state index < -0.39 is 10.0 Å². The van der Waals surface area contributed by atoms with E-state index in [0.717, 1.165) is 41.4 Å². The maximum atomic E-state index is 11.7. The molecular weight excluding hydrogens is 430 g/mol. The van der Waals surface area contributed by atoms with Gasteiger partial charge in [-0.3, -0.25) is 0 Å². The molecule has 0 saturated carbocycles. The molecule has 0 radical (unpaired) electrons. The van der Waals surface area contributed by atoms with Crippen molar-refractivity contribution in [1.82, 2.24) is 18.9 Å². The Kier molecular flexibility index (Phi) is 5.56. The third kappa shape index (κ3) is 4.28.